The lowest BCUT2D eigenvalue weighted by atomic mass is 9.96. The Morgan fingerprint density at radius 1 is 0.632 bits per heavy atom. The summed E-state index contributed by atoms with van der Waals surface area (Å²) < 4.78 is 44.9. The van der Waals surface area contributed by atoms with Crippen molar-refractivity contribution in [3.63, 3.8) is 0 Å². The average Bonchev–Trinajstić information content (AvgIpc) is 4.18. The Balaban J connectivity index is 0.000000163. The van der Waals surface area contributed by atoms with Gasteiger partial charge in [-0.15, -0.1) is 35.3 Å². The van der Waals surface area contributed by atoms with E-state index in [0.717, 1.165) is 75.5 Å². The first-order valence-electron chi connectivity index (χ1n) is 25.0. The summed E-state index contributed by atoms with van der Waals surface area (Å²) in [5, 5.41) is 31.3. The first-order chi connectivity index (χ1) is 35.1. The molecule has 0 spiro atoms. The Morgan fingerprint density at radius 2 is 1.10 bits per heavy atom. The number of nitriles is 2. The Morgan fingerprint density at radius 3 is 1.51 bits per heavy atom. The van der Waals surface area contributed by atoms with E-state index < -0.39 is 29.2 Å². The van der Waals surface area contributed by atoms with Gasteiger partial charge in [-0.25, -0.2) is 4.79 Å². The number of hydrogen-bond donors (Lipinski definition) is 1. The molecule has 8 nitrogen and oxygen atoms in total. The molecule has 8 aromatic rings. The lowest BCUT2D eigenvalue weighted by molar-refractivity contribution is 0.0696. The number of benzene rings is 4. The van der Waals surface area contributed by atoms with E-state index in [2.05, 4.69) is 39.0 Å². The molecule has 1 saturated carbocycles. The quantitative estimate of drug-likeness (QED) is 0.131. The third-order valence-electron chi connectivity index (χ3n) is 11.3. The molecule has 68 heavy (non-hydrogen) atoms. The minimum Gasteiger partial charge on any atom is -0.478 e. The molecule has 4 heterocycles. The summed E-state index contributed by atoms with van der Waals surface area (Å²) in [5.41, 5.74) is 7.31. The molecule has 1 aliphatic rings. The van der Waals surface area contributed by atoms with Gasteiger partial charge in [-0.2, -0.15) is 10.5 Å². The number of rotatable bonds is 10. The number of aromatic nitrogens is 4. The van der Waals surface area contributed by atoms with Crippen LogP contribution in [0, 0.1) is 28.1 Å². The molecule has 0 bridgehead atoms. The summed E-state index contributed by atoms with van der Waals surface area (Å²) in [6.45, 7) is 4.98. The molecule has 0 radical (unpaired) electrons. The highest BCUT2D eigenvalue weighted by Gasteiger charge is 2.40. The van der Waals surface area contributed by atoms with Crippen molar-refractivity contribution in [1.29, 1.82) is 10.5 Å². The van der Waals surface area contributed by atoms with Crippen molar-refractivity contribution >= 4 is 62.8 Å². The molecule has 0 unspecified atom stereocenters. The number of aromatic carboxylic acids is 1. The Bertz CT molecular complexity index is 3240. The van der Waals surface area contributed by atoms with Gasteiger partial charge in [-0.1, -0.05) is 109 Å². The van der Waals surface area contributed by atoms with Crippen molar-refractivity contribution in [3.05, 3.63) is 163 Å². The molecule has 1 fully saturated rings. The minimum atomic E-state index is -2.09. The average molecular weight is 957 g/mol. The van der Waals surface area contributed by atoms with E-state index in [9.17, 15) is 15.3 Å². The molecular formula is C57H54N6O2S3. The van der Waals surface area contributed by atoms with Crippen LogP contribution >= 0.6 is 35.3 Å². The Kier molecular flexibility index (Phi) is 13.3. The fraction of sp³-hybridized carbons (Fsp3) is 0.246. The second kappa shape index (κ2) is 21.6. The van der Waals surface area contributed by atoms with Gasteiger partial charge in [0.1, 0.15) is 0 Å². The highest BCUT2D eigenvalue weighted by Crippen LogP contribution is 2.52. The van der Waals surface area contributed by atoms with E-state index in [-0.39, 0.29) is 5.56 Å². The molecule has 0 amide bonds. The minimum absolute atomic E-state index is 0.199. The summed E-state index contributed by atoms with van der Waals surface area (Å²) in [4.78, 5) is 30.7. The van der Waals surface area contributed by atoms with Crippen LogP contribution in [0.2, 0.25) is 0 Å². The molecule has 11 heteroatoms. The first-order valence-corrected chi connectivity index (χ1v) is 24.6. The third kappa shape index (κ3) is 12.3. The van der Waals surface area contributed by atoms with Gasteiger partial charge in [0.15, 0.2) is 0 Å². The van der Waals surface area contributed by atoms with Crippen molar-refractivity contribution in [2.45, 2.75) is 91.8 Å². The van der Waals surface area contributed by atoms with Crippen molar-refractivity contribution in [2.24, 2.45) is 5.41 Å². The van der Waals surface area contributed by atoms with Crippen molar-refractivity contribution in [2.75, 3.05) is 5.75 Å². The number of nitrogens with zero attached hydrogens (tertiary/aromatic N) is 6. The third-order valence-corrected chi connectivity index (χ3v) is 14.9. The van der Waals surface area contributed by atoms with Crippen LogP contribution in [0.1, 0.15) is 97.3 Å². The van der Waals surface area contributed by atoms with Crippen LogP contribution in [0.3, 0.4) is 0 Å². The van der Waals surface area contributed by atoms with Gasteiger partial charge < -0.3 is 5.11 Å². The normalized spacial score (nSPS) is 14.4. The SMILES string of the molecule is CCC1(CSc2ccncc2-c2ccc(C(=O)O)cn2)CC1.[2H]C([2H])([2H])C(C)(C)Sc1ccncc1-c1ccc(C#N)c2ccccc12.[2H]C([2H])([2H])C(C)(C)Sc1ccncc1-c1ccc(C#N)c2ccccc12. The number of pyridine rings is 4. The summed E-state index contributed by atoms with van der Waals surface area (Å²) in [7, 11) is 0. The molecular weight excluding hydrogens is 897 g/mol. The predicted octanol–water partition coefficient (Wildman–Crippen LogP) is 15.5. The van der Waals surface area contributed by atoms with Gasteiger partial charge in [-0.3, -0.25) is 19.9 Å². The summed E-state index contributed by atoms with van der Waals surface area (Å²) in [5.74, 6) is 0.159. The predicted molar refractivity (Wildman–Crippen MR) is 282 cm³/mol. The van der Waals surface area contributed by atoms with Crippen LogP contribution in [-0.2, 0) is 0 Å². The highest BCUT2D eigenvalue weighted by atomic mass is 32.2. The lowest BCUT2D eigenvalue weighted by Gasteiger charge is -2.20. The van der Waals surface area contributed by atoms with Crippen LogP contribution in [0.25, 0.3) is 55.1 Å². The lowest BCUT2D eigenvalue weighted by Crippen LogP contribution is -2.07. The molecule has 1 aliphatic carbocycles. The smallest absolute Gasteiger partial charge is 0.337 e. The standard InChI is InChI=1S/2C20H18N2S.C17H18N2O2S/c2*1-20(2,3)23-19-10-11-22-13-18(19)17-9-8-14(12-21)15-6-4-5-7-16(15)17;1-2-17(6-7-17)11-22-15-5-8-18-10-13(15)14-4-3-12(9-19-14)16(20)21/h2*4-11,13H,1-3H3;3-5,8-10H,2,6-7,11H2,1H3,(H,20,21)/i2*1D3;. The second-order valence-electron chi connectivity index (χ2n) is 17.4. The summed E-state index contributed by atoms with van der Waals surface area (Å²) in [6, 6.07) is 36.4. The topological polar surface area (TPSA) is 136 Å². The van der Waals surface area contributed by atoms with Crippen molar-refractivity contribution in [3.8, 4) is 45.6 Å². The first kappa shape index (κ1) is 41.7. The van der Waals surface area contributed by atoms with E-state index >= 15 is 0 Å². The Labute approximate surface area is 421 Å². The van der Waals surface area contributed by atoms with E-state index in [0.29, 0.717) is 16.5 Å². The number of carboxylic acids is 1. The Hall–Kier alpha value is -6.50. The summed E-state index contributed by atoms with van der Waals surface area (Å²) in [6.07, 6.45) is 15.7. The maximum Gasteiger partial charge on any atom is 0.337 e. The number of thioether (sulfide) groups is 3. The zero-order valence-electron chi connectivity index (χ0n) is 44.4. The van der Waals surface area contributed by atoms with Gasteiger partial charge in [0.05, 0.1) is 34.5 Å². The zero-order chi connectivity index (χ0) is 53.5. The van der Waals surface area contributed by atoms with E-state index in [1.165, 1.54) is 49.0 Å². The highest BCUT2D eigenvalue weighted by molar-refractivity contribution is 8.01. The molecule has 9 rings (SSSR count). The van der Waals surface area contributed by atoms with E-state index in [1.807, 2.05) is 90.6 Å². The molecule has 0 atom stereocenters. The van der Waals surface area contributed by atoms with Gasteiger partial charge in [0.2, 0.25) is 0 Å². The van der Waals surface area contributed by atoms with E-state index in [4.69, 9.17) is 13.3 Å². The van der Waals surface area contributed by atoms with Gasteiger partial charge in [0, 0.05) is 109 Å². The monoisotopic (exact) mass is 956 g/mol. The maximum absolute atomic E-state index is 10.9. The van der Waals surface area contributed by atoms with Gasteiger partial charge in [-0.05, 0) is 89.0 Å². The zero-order valence-corrected chi connectivity index (χ0v) is 40.9. The van der Waals surface area contributed by atoms with Crippen LogP contribution in [0.5, 0.6) is 0 Å². The second-order valence-corrected chi connectivity index (χ2v) is 21.7. The van der Waals surface area contributed by atoms with Crippen LogP contribution in [0.4, 0.5) is 0 Å². The van der Waals surface area contributed by atoms with Crippen molar-refractivity contribution in [1.82, 2.24) is 19.9 Å². The molecule has 342 valence electrons. The number of carbonyl (C=O) groups is 1. The molecule has 1 N–H and O–H groups in total. The number of carboxylic acid groups (broad SMARTS) is 1. The van der Waals surface area contributed by atoms with Crippen LogP contribution in [0.15, 0.2) is 161 Å². The molecule has 4 aromatic carbocycles. The van der Waals surface area contributed by atoms with Gasteiger partial charge in [0.25, 0.3) is 0 Å². The van der Waals surface area contributed by atoms with Crippen LogP contribution < -0.4 is 0 Å². The number of fused-ring (bicyclic) bond motifs is 2. The molecule has 0 saturated heterocycles. The largest absolute Gasteiger partial charge is 0.478 e. The maximum atomic E-state index is 10.9. The summed E-state index contributed by atoms with van der Waals surface area (Å²) >= 11 is 4.50. The van der Waals surface area contributed by atoms with Gasteiger partial charge >= 0.3 is 5.97 Å². The van der Waals surface area contributed by atoms with Crippen LogP contribution in [-0.4, -0.2) is 46.3 Å². The fourth-order valence-corrected chi connectivity index (χ4v) is 10.9. The van der Waals surface area contributed by atoms with Crippen molar-refractivity contribution < 1.29 is 18.1 Å². The molecule has 0 aliphatic heterocycles. The fourth-order valence-electron chi connectivity index (χ4n) is 7.55. The van der Waals surface area contributed by atoms with E-state index in [1.54, 1.807) is 89.1 Å². The number of hydrogen-bond acceptors (Lipinski definition) is 10. The molecule has 4 aromatic heterocycles.